The van der Waals surface area contributed by atoms with Crippen LogP contribution in [0.4, 0.5) is 5.69 Å². The van der Waals surface area contributed by atoms with Crippen molar-refractivity contribution >= 4 is 35.0 Å². The number of hydrogen-bond acceptors (Lipinski definition) is 3. The van der Waals surface area contributed by atoms with E-state index < -0.39 is 5.41 Å². The Labute approximate surface area is 162 Å². The Balaban J connectivity index is 1.42. The van der Waals surface area contributed by atoms with Crippen LogP contribution in [0.3, 0.4) is 0 Å². The monoisotopic (exact) mass is 382 g/mol. The molecule has 0 spiro atoms. The molecule has 0 atom stereocenters. The summed E-state index contributed by atoms with van der Waals surface area (Å²) in [7, 11) is 0. The summed E-state index contributed by atoms with van der Waals surface area (Å²) in [4.78, 5) is 37.5. The molecule has 2 fully saturated rings. The Morgan fingerprint density at radius 1 is 0.963 bits per heavy atom. The molecule has 3 amide bonds. The molecule has 4 rings (SSSR count). The van der Waals surface area contributed by atoms with Crippen molar-refractivity contribution < 1.29 is 14.4 Å². The average Bonchev–Trinajstić information content (AvgIpc) is 3.42. The van der Waals surface area contributed by atoms with Crippen molar-refractivity contribution in [3.8, 4) is 0 Å². The molecule has 2 aromatic rings. The Morgan fingerprint density at radius 2 is 1.56 bits per heavy atom. The maximum absolute atomic E-state index is 12.8. The number of imide groups is 1. The topological polar surface area (TPSA) is 66.5 Å². The molecule has 27 heavy (non-hydrogen) atoms. The standard InChI is InChI=1S/C21H19ClN2O3/c22-16-5-3-15(4-6-16)21(11-12-21)20(27)23-17-7-1-14(2-8-17)13-24-18(25)9-10-19(24)26/h1-8H,9-13H2,(H,23,27). The molecule has 0 bridgehead atoms. The summed E-state index contributed by atoms with van der Waals surface area (Å²) in [6.45, 7) is 0.278. The lowest BCUT2D eigenvalue weighted by atomic mass is 9.95. The first-order chi connectivity index (χ1) is 13.0. The van der Waals surface area contributed by atoms with Gasteiger partial charge in [0, 0.05) is 23.6 Å². The Hall–Kier alpha value is -2.66. The van der Waals surface area contributed by atoms with Crippen LogP contribution in [-0.4, -0.2) is 22.6 Å². The minimum Gasteiger partial charge on any atom is -0.325 e. The highest BCUT2D eigenvalue weighted by Gasteiger charge is 2.51. The number of carbonyl (C=O) groups is 3. The van der Waals surface area contributed by atoms with Gasteiger partial charge in [-0.25, -0.2) is 0 Å². The van der Waals surface area contributed by atoms with Gasteiger partial charge in [0.15, 0.2) is 0 Å². The maximum atomic E-state index is 12.8. The van der Waals surface area contributed by atoms with Gasteiger partial charge in [-0.2, -0.15) is 0 Å². The van der Waals surface area contributed by atoms with Crippen LogP contribution < -0.4 is 5.32 Å². The number of rotatable bonds is 5. The molecule has 1 aliphatic heterocycles. The third kappa shape index (κ3) is 3.47. The van der Waals surface area contributed by atoms with E-state index >= 15 is 0 Å². The van der Waals surface area contributed by atoms with Gasteiger partial charge in [-0.1, -0.05) is 35.9 Å². The van der Waals surface area contributed by atoms with E-state index in [0.29, 0.717) is 23.6 Å². The van der Waals surface area contributed by atoms with Crippen LogP contribution in [0.5, 0.6) is 0 Å². The second-order valence-corrected chi connectivity index (χ2v) is 7.55. The molecule has 5 nitrogen and oxygen atoms in total. The third-order valence-corrected chi connectivity index (χ3v) is 5.54. The molecule has 2 aliphatic rings. The van der Waals surface area contributed by atoms with Gasteiger partial charge in [-0.3, -0.25) is 19.3 Å². The molecule has 1 saturated carbocycles. The predicted octanol–water partition coefficient (Wildman–Crippen LogP) is 3.66. The fourth-order valence-corrected chi connectivity index (χ4v) is 3.59. The first-order valence-corrected chi connectivity index (χ1v) is 9.35. The molecular weight excluding hydrogens is 364 g/mol. The van der Waals surface area contributed by atoms with Crippen molar-refractivity contribution in [2.75, 3.05) is 5.32 Å². The summed E-state index contributed by atoms with van der Waals surface area (Å²) in [5.74, 6) is -0.283. The van der Waals surface area contributed by atoms with E-state index in [2.05, 4.69) is 5.32 Å². The zero-order chi connectivity index (χ0) is 19.0. The highest BCUT2D eigenvalue weighted by atomic mass is 35.5. The van der Waals surface area contributed by atoms with Crippen molar-refractivity contribution in [2.45, 2.75) is 37.6 Å². The quantitative estimate of drug-likeness (QED) is 0.802. The van der Waals surface area contributed by atoms with E-state index in [1.165, 1.54) is 4.90 Å². The third-order valence-electron chi connectivity index (χ3n) is 5.29. The van der Waals surface area contributed by atoms with E-state index in [-0.39, 0.29) is 24.3 Å². The Morgan fingerprint density at radius 3 is 2.11 bits per heavy atom. The molecule has 1 N–H and O–H groups in total. The van der Waals surface area contributed by atoms with Crippen molar-refractivity contribution in [2.24, 2.45) is 0 Å². The van der Waals surface area contributed by atoms with Crippen LogP contribution in [0.25, 0.3) is 0 Å². The first kappa shape index (κ1) is 17.7. The second-order valence-electron chi connectivity index (χ2n) is 7.11. The molecule has 1 saturated heterocycles. The number of nitrogens with zero attached hydrogens (tertiary/aromatic N) is 1. The van der Waals surface area contributed by atoms with E-state index in [0.717, 1.165) is 24.0 Å². The van der Waals surface area contributed by atoms with E-state index in [1.807, 2.05) is 24.3 Å². The first-order valence-electron chi connectivity index (χ1n) is 8.98. The van der Waals surface area contributed by atoms with Crippen LogP contribution in [0.1, 0.15) is 36.8 Å². The van der Waals surface area contributed by atoms with Crippen LogP contribution in [-0.2, 0) is 26.3 Å². The average molecular weight is 383 g/mol. The Kier molecular flexibility index (Phi) is 4.48. The molecule has 0 unspecified atom stereocenters. The molecule has 0 aromatic heterocycles. The number of likely N-dealkylation sites (tertiary alicyclic amines) is 1. The highest BCUT2D eigenvalue weighted by molar-refractivity contribution is 6.30. The molecule has 138 valence electrons. The lowest BCUT2D eigenvalue weighted by Crippen LogP contribution is -2.28. The summed E-state index contributed by atoms with van der Waals surface area (Å²) in [6.07, 6.45) is 2.22. The number of nitrogens with one attached hydrogen (secondary N) is 1. The van der Waals surface area contributed by atoms with Crippen molar-refractivity contribution in [1.29, 1.82) is 0 Å². The van der Waals surface area contributed by atoms with Gasteiger partial charge in [-0.15, -0.1) is 0 Å². The van der Waals surface area contributed by atoms with Crippen LogP contribution >= 0.6 is 11.6 Å². The summed E-state index contributed by atoms with van der Waals surface area (Å²) >= 11 is 5.94. The van der Waals surface area contributed by atoms with Gasteiger partial charge < -0.3 is 5.32 Å². The van der Waals surface area contributed by atoms with Crippen molar-refractivity contribution in [3.63, 3.8) is 0 Å². The molecule has 1 aliphatic carbocycles. The fraction of sp³-hybridized carbons (Fsp3) is 0.286. The van der Waals surface area contributed by atoms with E-state index in [9.17, 15) is 14.4 Å². The van der Waals surface area contributed by atoms with Crippen LogP contribution in [0, 0.1) is 0 Å². The zero-order valence-electron chi connectivity index (χ0n) is 14.7. The number of halogens is 1. The van der Waals surface area contributed by atoms with Crippen LogP contribution in [0.15, 0.2) is 48.5 Å². The SMILES string of the molecule is O=C1CCC(=O)N1Cc1ccc(NC(=O)C2(c3ccc(Cl)cc3)CC2)cc1. The van der Waals surface area contributed by atoms with Gasteiger partial charge in [-0.05, 0) is 48.2 Å². The summed E-state index contributed by atoms with van der Waals surface area (Å²) in [6, 6.07) is 14.7. The number of anilines is 1. The normalized spacial score (nSPS) is 17.9. The number of amides is 3. The number of hydrogen-bond donors (Lipinski definition) is 1. The van der Waals surface area contributed by atoms with Gasteiger partial charge in [0.05, 0.1) is 12.0 Å². The van der Waals surface area contributed by atoms with Crippen LogP contribution in [0.2, 0.25) is 5.02 Å². The number of benzene rings is 2. The Bertz CT molecular complexity index is 886. The smallest absolute Gasteiger partial charge is 0.235 e. The second kappa shape index (κ2) is 6.82. The largest absolute Gasteiger partial charge is 0.325 e. The summed E-state index contributed by atoms with van der Waals surface area (Å²) in [5.41, 5.74) is 2.06. The highest BCUT2D eigenvalue weighted by Crippen LogP contribution is 2.49. The molecule has 1 heterocycles. The molecule has 6 heteroatoms. The van der Waals surface area contributed by atoms with Crippen molar-refractivity contribution in [1.82, 2.24) is 4.90 Å². The lowest BCUT2D eigenvalue weighted by Gasteiger charge is -2.17. The summed E-state index contributed by atoms with van der Waals surface area (Å²) in [5, 5.41) is 3.63. The maximum Gasteiger partial charge on any atom is 0.235 e. The van der Waals surface area contributed by atoms with Gasteiger partial charge in [0.25, 0.3) is 0 Å². The summed E-state index contributed by atoms with van der Waals surface area (Å²) < 4.78 is 0. The van der Waals surface area contributed by atoms with Gasteiger partial charge in [0.2, 0.25) is 17.7 Å². The van der Waals surface area contributed by atoms with Gasteiger partial charge >= 0.3 is 0 Å². The van der Waals surface area contributed by atoms with E-state index in [1.54, 1.807) is 24.3 Å². The fourth-order valence-electron chi connectivity index (χ4n) is 3.47. The number of carbonyl (C=O) groups excluding carboxylic acids is 3. The molecular formula is C21H19ClN2O3. The minimum absolute atomic E-state index is 0.0255. The molecule has 2 aromatic carbocycles. The predicted molar refractivity (Wildman–Crippen MR) is 102 cm³/mol. The van der Waals surface area contributed by atoms with Gasteiger partial charge in [0.1, 0.15) is 0 Å². The van der Waals surface area contributed by atoms with E-state index in [4.69, 9.17) is 11.6 Å². The zero-order valence-corrected chi connectivity index (χ0v) is 15.5. The molecule has 0 radical (unpaired) electrons. The lowest BCUT2D eigenvalue weighted by molar-refractivity contribution is -0.139. The van der Waals surface area contributed by atoms with Crippen molar-refractivity contribution in [3.05, 3.63) is 64.7 Å². The minimum atomic E-state index is -0.475.